The van der Waals surface area contributed by atoms with Gasteiger partial charge in [-0.2, -0.15) is 0 Å². The Kier molecular flexibility index (Phi) is 3.80. The van der Waals surface area contributed by atoms with Gasteiger partial charge in [0, 0.05) is 31.6 Å². The van der Waals surface area contributed by atoms with Gasteiger partial charge in [-0.3, -0.25) is 9.59 Å². The summed E-state index contributed by atoms with van der Waals surface area (Å²) in [5.41, 5.74) is -0.721. The van der Waals surface area contributed by atoms with Crippen molar-refractivity contribution in [3.63, 3.8) is 0 Å². The van der Waals surface area contributed by atoms with E-state index in [1.54, 1.807) is 29.2 Å². The van der Waals surface area contributed by atoms with E-state index in [4.69, 9.17) is 4.42 Å². The van der Waals surface area contributed by atoms with Gasteiger partial charge in [-0.25, -0.2) is 4.79 Å². The first kappa shape index (κ1) is 15.8. The van der Waals surface area contributed by atoms with Crippen molar-refractivity contribution in [3.05, 3.63) is 46.3 Å². The lowest BCUT2D eigenvalue weighted by atomic mass is 9.85. The van der Waals surface area contributed by atoms with Crippen LogP contribution in [0.2, 0.25) is 0 Å². The lowest BCUT2D eigenvalue weighted by Gasteiger charge is -2.43. The molecule has 1 aromatic carbocycles. The minimum atomic E-state index is -0.627. The quantitative estimate of drug-likeness (QED) is 0.737. The van der Waals surface area contributed by atoms with Gasteiger partial charge in [0.25, 0.3) is 5.91 Å². The number of nitrogens with zero attached hydrogens (tertiary/aromatic N) is 1. The molecule has 4 rings (SSSR count). The summed E-state index contributed by atoms with van der Waals surface area (Å²) in [6.45, 7) is 2.20. The van der Waals surface area contributed by atoms with Crippen LogP contribution in [0.3, 0.4) is 0 Å². The highest BCUT2D eigenvalue weighted by Gasteiger charge is 2.43. The summed E-state index contributed by atoms with van der Waals surface area (Å²) < 4.78 is 5.25. The van der Waals surface area contributed by atoms with Crippen molar-refractivity contribution >= 4 is 22.8 Å². The maximum Gasteiger partial charge on any atom is 0.349 e. The third-order valence-electron chi connectivity index (χ3n) is 5.08. The van der Waals surface area contributed by atoms with E-state index < -0.39 is 11.2 Å². The number of likely N-dealkylation sites (tertiary alicyclic amines) is 1. The molecule has 7 heteroatoms. The monoisotopic (exact) mass is 341 g/mol. The Morgan fingerprint density at radius 3 is 2.64 bits per heavy atom. The number of hydrogen-bond donors (Lipinski definition) is 2. The minimum absolute atomic E-state index is 0.00364. The van der Waals surface area contributed by atoms with Crippen LogP contribution < -0.4 is 16.3 Å². The Hall–Kier alpha value is -2.67. The number of amides is 2. The Morgan fingerprint density at radius 1 is 1.12 bits per heavy atom. The van der Waals surface area contributed by atoms with Crippen LogP contribution in [0.15, 0.2) is 39.5 Å². The third-order valence-corrected chi connectivity index (χ3v) is 5.08. The van der Waals surface area contributed by atoms with Gasteiger partial charge in [-0.15, -0.1) is 0 Å². The van der Waals surface area contributed by atoms with E-state index in [2.05, 4.69) is 10.6 Å². The third kappa shape index (κ3) is 2.70. The molecule has 2 aliphatic heterocycles. The SMILES string of the molecule is O=C(c1cc2ccccc2oc1=O)N1CCC2(CC1)NCCNC2=O. The van der Waals surface area contributed by atoms with Crippen LogP contribution in [-0.4, -0.2) is 48.4 Å². The summed E-state index contributed by atoms with van der Waals surface area (Å²) in [6.07, 6.45) is 1.06. The average Bonchev–Trinajstić information content (AvgIpc) is 2.64. The Balaban J connectivity index is 1.55. The minimum Gasteiger partial charge on any atom is -0.422 e. The molecule has 3 heterocycles. The number of para-hydroxylation sites is 1. The lowest BCUT2D eigenvalue weighted by molar-refractivity contribution is -0.131. The number of benzene rings is 1. The fourth-order valence-electron chi connectivity index (χ4n) is 3.60. The van der Waals surface area contributed by atoms with Crippen molar-refractivity contribution in [3.8, 4) is 0 Å². The second-order valence-electron chi connectivity index (χ2n) is 6.54. The van der Waals surface area contributed by atoms with E-state index in [1.807, 2.05) is 6.07 Å². The molecule has 2 saturated heterocycles. The molecule has 2 aromatic rings. The zero-order valence-electron chi connectivity index (χ0n) is 13.7. The van der Waals surface area contributed by atoms with E-state index in [0.717, 1.165) is 6.54 Å². The van der Waals surface area contributed by atoms with Gasteiger partial charge in [-0.05, 0) is 25.0 Å². The van der Waals surface area contributed by atoms with Crippen molar-refractivity contribution in [1.29, 1.82) is 0 Å². The highest BCUT2D eigenvalue weighted by molar-refractivity contribution is 5.97. The topological polar surface area (TPSA) is 91.7 Å². The number of nitrogens with one attached hydrogen (secondary N) is 2. The van der Waals surface area contributed by atoms with Crippen molar-refractivity contribution in [2.45, 2.75) is 18.4 Å². The van der Waals surface area contributed by atoms with Crippen LogP contribution in [0, 0.1) is 0 Å². The molecular formula is C18H19N3O4. The second-order valence-corrected chi connectivity index (χ2v) is 6.54. The average molecular weight is 341 g/mol. The van der Waals surface area contributed by atoms with Gasteiger partial charge in [-0.1, -0.05) is 18.2 Å². The number of fused-ring (bicyclic) bond motifs is 1. The summed E-state index contributed by atoms with van der Waals surface area (Å²) in [4.78, 5) is 38.7. The first-order valence-corrected chi connectivity index (χ1v) is 8.45. The molecule has 0 aliphatic carbocycles. The number of rotatable bonds is 1. The molecular weight excluding hydrogens is 322 g/mol. The van der Waals surface area contributed by atoms with Crippen LogP contribution in [0.4, 0.5) is 0 Å². The zero-order chi connectivity index (χ0) is 17.4. The van der Waals surface area contributed by atoms with Gasteiger partial charge >= 0.3 is 5.63 Å². The molecule has 0 bridgehead atoms. The van der Waals surface area contributed by atoms with E-state index in [1.165, 1.54) is 0 Å². The summed E-state index contributed by atoms with van der Waals surface area (Å²) in [5.74, 6) is -0.346. The Morgan fingerprint density at radius 2 is 1.88 bits per heavy atom. The predicted molar refractivity (Wildman–Crippen MR) is 91.4 cm³/mol. The molecule has 0 saturated carbocycles. The van der Waals surface area contributed by atoms with Gasteiger partial charge < -0.3 is 20.0 Å². The van der Waals surface area contributed by atoms with Crippen molar-refractivity contribution in [2.24, 2.45) is 0 Å². The van der Waals surface area contributed by atoms with Crippen molar-refractivity contribution < 1.29 is 14.0 Å². The smallest absolute Gasteiger partial charge is 0.349 e. The molecule has 25 heavy (non-hydrogen) atoms. The largest absolute Gasteiger partial charge is 0.422 e. The summed E-state index contributed by atoms with van der Waals surface area (Å²) >= 11 is 0. The number of piperazine rings is 1. The fraction of sp³-hybridized carbons (Fsp3) is 0.389. The van der Waals surface area contributed by atoms with Gasteiger partial charge in [0.15, 0.2) is 0 Å². The number of hydrogen-bond acceptors (Lipinski definition) is 5. The molecule has 7 nitrogen and oxygen atoms in total. The molecule has 0 radical (unpaired) electrons. The van der Waals surface area contributed by atoms with Crippen LogP contribution >= 0.6 is 0 Å². The molecule has 0 unspecified atom stereocenters. The zero-order valence-corrected chi connectivity index (χ0v) is 13.7. The van der Waals surface area contributed by atoms with E-state index in [-0.39, 0.29) is 17.4 Å². The van der Waals surface area contributed by atoms with Crippen LogP contribution in [0.5, 0.6) is 0 Å². The molecule has 130 valence electrons. The van der Waals surface area contributed by atoms with Crippen LogP contribution in [-0.2, 0) is 4.79 Å². The molecule has 1 aromatic heterocycles. The molecule has 2 fully saturated rings. The molecule has 0 atom stereocenters. The summed E-state index contributed by atoms with van der Waals surface area (Å²) in [5, 5.41) is 6.88. The van der Waals surface area contributed by atoms with Crippen LogP contribution in [0.25, 0.3) is 11.0 Å². The van der Waals surface area contributed by atoms with Crippen LogP contribution in [0.1, 0.15) is 23.2 Å². The summed E-state index contributed by atoms with van der Waals surface area (Å²) in [7, 11) is 0. The highest BCUT2D eigenvalue weighted by Crippen LogP contribution is 2.25. The number of carbonyl (C=O) groups is 2. The molecule has 2 N–H and O–H groups in total. The first-order valence-electron chi connectivity index (χ1n) is 8.45. The Labute approximate surface area is 144 Å². The molecule has 2 amide bonds. The standard InChI is InChI=1S/C18H19N3O4/c22-15(13-11-12-3-1-2-4-14(12)25-16(13)23)21-9-5-18(6-10-21)17(24)19-7-8-20-18/h1-4,11,20H,5-10H2,(H,19,24). The fourth-order valence-corrected chi connectivity index (χ4v) is 3.60. The normalized spacial score (nSPS) is 19.8. The highest BCUT2D eigenvalue weighted by atomic mass is 16.4. The summed E-state index contributed by atoms with van der Waals surface area (Å²) in [6, 6.07) is 8.69. The lowest BCUT2D eigenvalue weighted by Crippen LogP contribution is -2.67. The van der Waals surface area contributed by atoms with E-state index in [9.17, 15) is 14.4 Å². The maximum atomic E-state index is 12.8. The number of carbonyl (C=O) groups excluding carboxylic acids is 2. The van der Waals surface area contributed by atoms with E-state index >= 15 is 0 Å². The molecule has 2 aliphatic rings. The van der Waals surface area contributed by atoms with Gasteiger partial charge in [0.1, 0.15) is 16.7 Å². The second kappa shape index (κ2) is 6.00. The Bertz CT molecular complexity index is 897. The van der Waals surface area contributed by atoms with Crippen molar-refractivity contribution in [1.82, 2.24) is 15.5 Å². The van der Waals surface area contributed by atoms with Crippen molar-refractivity contribution in [2.75, 3.05) is 26.2 Å². The number of piperidine rings is 1. The van der Waals surface area contributed by atoms with Gasteiger partial charge in [0.2, 0.25) is 5.91 Å². The van der Waals surface area contributed by atoms with Gasteiger partial charge in [0.05, 0.1) is 0 Å². The maximum absolute atomic E-state index is 12.8. The molecule has 1 spiro atoms. The van der Waals surface area contributed by atoms with E-state index in [0.29, 0.717) is 43.4 Å². The first-order chi connectivity index (χ1) is 12.1. The predicted octanol–water partition coefficient (Wildman–Crippen LogP) is 0.487.